The van der Waals surface area contributed by atoms with Crippen molar-refractivity contribution in [2.75, 3.05) is 40.9 Å². The predicted molar refractivity (Wildman–Crippen MR) is 369 cm³/mol. The quantitative estimate of drug-likeness (QED) is 0.0205. The summed E-state index contributed by atoms with van der Waals surface area (Å²) in [6, 6.07) is -0.851. The molecule has 0 aromatic rings. The maximum atomic E-state index is 13.6. The van der Waals surface area contributed by atoms with Gasteiger partial charge in [0.1, 0.15) is 19.3 Å². The third kappa shape index (κ3) is 66.0. The lowest BCUT2D eigenvalue weighted by molar-refractivity contribution is -0.870. The summed E-state index contributed by atoms with van der Waals surface area (Å²) in [6.07, 6.45) is 83.7. The third-order valence-electron chi connectivity index (χ3n) is 16.5. The van der Waals surface area contributed by atoms with Crippen LogP contribution in [0.15, 0.2) is 60.8 Å². The van der Waals surface area contributed by atoms with Crippen LogP contribution in [0.3, 0.4) is 0 Å². The zero-order valence-corrected chi connectivity index (χ0v) is 58.0. The van der Waals surface area contributed by atoms with E-state index in [9.17, 15) is 19.0 Å². The first kappa shape index (κ1) is 82.7. The van der Waals surface area contributed by atoms with Crippen LogP contribution in [0.5, 0.6) is 0 Å². The molecule has 0 aromatic carbocycles. The maximum Gasteiger partial charge on any atom is 0.472 e. The number of phosphoric ester groups is 1. The lowest BCUT2D eigenvalue weighted by atomic mass is 10.0. The van der Waals surface area contributed by atoms with Crippen molar-refractivity contribution in [2.24, 2.45) is 0 Å². The van der Waals surface area contributed by atoms with E-state index >= 15 is 0 Å². The number of rotatable bonds is 67. The summed E-state index contributed by atoms with van der Waals surface area (Å²) in [7, 11) is 1.50. The van der Waals surface area contributed by atoms with E-state index in [1.54, 1.807) is 0 Å². The van der Waals surface area contributed by atoms with Gasteiger partial charge in [-0.15, -0.1) is 0 Å². The van der Waals surface area contributed by atoms with E-state index in [4.69, 9.17) is 13.8 Å². The minimum absolute atomic E-state index is 0.0401. The SMILES string of the molecule is CCCCC/C=C\C/C=C\C/C=C\C/C=C\CCCCCCCCCCCC(=O)OC(/C=C/CCCCCCCCCCCCC)C(COP(=O)(O)OCC[N+](C)(C)C)NC(=O)CCCCCCCCCCCCCCCCCCCCCCC. The number of allylic oxidation sites excluding steroid dienone is 9. The first-order valence-corrected chi connectivity index (χ1v) is 38.1. The summed E-state index contributed by atoms with van der Waals surface area (Å²) in [4.78, 5) is 38.0. The molecular formula is C75H142N2O7P+. The number of likely N-dealkylation sites (N-methyl/N-ethyl adjacent to an activating group) is 1. The van der Waals surface area contributed by atoms with Crippen molar-refractivity contribution < 1.29 is 37.3 Å². The Morgan fingerprint density at radius 1 is 0.412 bits per heavy atom. The topological polar surface area (TPSA) is 111 Å². The number of hydrogen-bond acceptors (Lipinski definition) is 6. The number of amides is 1. The summed E-state index contributed by atoms with van der Waals surface area (Å²) in [5, 5.41) is 3.08. The number of carbonyl (C=O) groups excluding carboxylic acids is 2. The normalized spacial score (nSPS) is 13.8. The fourth-order valence-corrected chi connectivity index (χ4v) is 11.5. The smallest absolute Gasteiger partial charge is 0.456 e. The average molecular weight is 1210 g/mol. The van der Waals surface area contributed by atoms with Gasteiger partial charge in [-0.3, -0.25) is 18.6 Å². The summed E-state index contributed by atoms with van der Waals surface area (Å²) < 4.78 is 30.9. The second-order valence-corrected chi connectivity index (χ2v) is 27.6. The molecule has 3 unspecified atom stereocenters. The lowest BCUT2D eigenvalue weighted by Crippen LogP contribution is -2.47. The van der Waals surface area contributed by atoms with Crippen LogP contribution < -0.4 is 5.32 Å². The number of quaternary nitrogens is 1. The fourth-order valence-electron chi connectivity index (χ4n) is 10.8. The summed E-state index contributed by atoms with van der Waals surface area (Å²) >= 11 is 0. The molecule has 0 aromatic heterocycles. The van der Waals surface area contributed by atoms with Gasteiger partial charge in [-0.05, 0) is 76.7 Å². The second kappa shape index (κ2) is 64.7. The molecule has 3 atom stereocenters. The van der Waals surface area contributed by atoms with Gasteiger partial charge in [-0.1, -0.05) is 326 Å². The van der Waals surface area contributed by atoms with Crippen molar-refractivity contribution in [1.82, 2.24) is 5.32 Å². The molecule has 9 nitrogen and oxygen atoms in total. The summed E-state index contributed by atoms with van der Waals surface area (Å²) in [5.41, 5.74) is 0. The van der Waals surface area contributed by atoms with Crippen LogP contribution in [0.25, 0.3) is 0 Å². The summed E-state index contributed by atoms with van der Waals surface area (Å²) in [6.45, 7) is 7.04. The Balaban J connectivity index is 5.08. The molecule has 2 N–H and O–H groups in total. The minimum atomic E-state index is -4.46. The monoisotopic (exact) mass is 1210 g/mol. The van der Waals surface area contributed by atoms with E-state index in [2.05, 4.69) is 74.7 Å². The van der Waals surface area contributed by atoms with Gasteiger partial charge < -0.3 is 19.4 Å². The number of nitrogens with one attached hydrogen (secondary N) is 1. The van der Waals surface area contributed by atoms with Crippen LogP contribution in [0.4, 0.5) is 0 Å². The van der Waals surface area contributed by atoms with E-state index in [0.29, 0.717) is 17.4 Å². The van der Waals surface area contributed by atoms with Crippen molar-refractivity contribution in [1.29, 1.82) is 0 Å². The molecule has 85 heavy (non-hydrogen) atoms. The third-order valence-corrected chi connectivity index (χ3v) is 17.4. The van der Waals surface area contributed by atoms with E-state index < -0.39 is 20.0 Å². The van der Waals surface area contributed by atoms with Gasteiger partial charge in [0.05, 0.1) is 33.8 Å². The van der Waals surface area contributed by atoms with E-state index in [1.165, 1.54) is 238 Å². The Morgan fingerprint density at radius 2 is 0.718 bits per heavy atom. The standard InChI is InChI=1S/C75H141N2O7P/c1-7-10-13-16-19-22-25-28-30-32-34-36-37-38-39-41-43-45-47-50-53-56-59-62-65-68-75(79)84-73(66-63-60-57-54-51-48-27-24-21-18-15-12-9-3)72(71-83-85(80,81)82-70-69-77(4,5)6)76-74(78)67-64-61-58-55-52-49-46-44-42-40-35-33-31-29-26-23-20-17-14-11-8-2/h19,22,28,30,34,36,38-39,63,66,72-73H,7-18,20-21,23-27,29,31-33,35,37,40-62,64-65,67-71H2,1-6H3,(H-,76,78,80,81)/p+1/b22-19-,30-28-,36-34-,39-38-,66-63+. The number of ether oxygens (including phenoxy) is 1. The number of nitrogens with zero attached hydrogens (tertiary/aromatic N) is 1. The molecule has 1 amide bonds. The van der Waals surface area contributed by atoms with E-state index in [1.807, 2.05) is 33.3 Å². The highest BCUT2D eigenvalue weighted by Gasteiger charge is 2.30. The van der Waals surface area contributed by atoms with Crippen LogP contribution in [0.2, 0.25) is 0 Å². The van der Waals surface area contributed by atoms with Gasteiger partial charge in [-0.25, -0.2) is 4.57 Å². The molecule has 0 saturated heterocycles. The van der Waals surface area contributed by atoms with E-state index in [0.717, 1.165) is 83.5 Å². The molecule has 0 spiro atoms. The van der Waals surface area contributed by atoms with E-state index in [-0.39, 0.29) is 31.5 Å². The molecule has 0 fully saturated rings. The zero-order chi connectivity index (χ0) is 62.1. The second-order valence-electron chi connectivity index (χ2n) is 26.1. The molecular weight excluding hydrogens is 1070 g/mol. The molecule has 0 aliphatic heterocycles. The van der Waals surface area contributed by atoms with Gasteiger partial charge >= 0.3 is 13.8 Å². The Hall–Kier alpha value is -2.29. The first-order chi connectivity index (χ1) is 41.4. The van der Waals surface area contributed by atoms with Crippen molar-refractivity contribution in [3.05, 3.63) is 60.8 Å². The van der Waals surface area contributed by atoms with Gasteiger partial charge in [0.2, 0.25) is 5.91 Å². The molecule has 0 radical (unpaired) electrons. The van der Waals surface area contributed by atoms with Crippen LogP contribution in [-0.2, 0) is 27.9 Å². The highest BCUT2D eigenvalue weighted by atomic mass is 31.2. The Bertz CT molecular complexity index is 1640. The van der Waals surface area contributed by atoms with Gasteiger partial charge in [0.25, 0.3) is 0 Å². The number of esters is 1. The maximum absolute atomic E-state index is 13.6. The highest BCUT2D eigenvalue weighted by Crippen LogP contribution is 2.43. The van der Waals surface area contributed by atoms with Gasteiger partial charge in [0, 0.05) is 12.8 Å². The lowest BCUT2D eigenvalue weighted by Gasteiger charge is -2.27. The molecule has 0 aliphatic rings. The van der Waals surface area contributed by atoms with Crippen LogP contribution in [-0.4, -0.2) is 74.3 Å². The number of phosphoric acid groups is 1. The Morgan fingerprint density at radius 3 is 1.09 bits per heavy atom. The van der Waals surface area contributed by atoms with Crippen LogP contribution >= 0.6 is 7.82 Å². The number of hydrogen-bond donors (Lipinski definition) is 2. The molecule has 10 heteroatoms. The Labute approximate surface area is 528 Å². The Kier molecular flexibility index (Phi) is 62.9. The first-order valence-electron chi connectivity index (χ1n) is 36.6. The largest absolute Gasteiger partial charge is 0.472 e. The molecule has 0 heterocycles. The minimum Gasteiger partial charge on any atom is -0.456 e. The number of unbranched alkanes of at least 4 members (excludes halogenated alkanes) is 43. The van der Waals surface area contributed by atoms with Crippen molar-refractivity contribution in [3.8, 4) is 0 Å². The summed E-state index contributed by atoms with van der Waals surface area (Å²) in [5.74, 6) is -0.495. The zero-order valence-electron chi connectivity index (χ0n) is 57.1. The number of carbonyl (C=O) groups is 2. The molecule has 0 saturated carbocycles. The van der Waals surface area contributed by atoms with Crippen molar-refractivity contribution in [2.45, 2.75) is 367 Å². The van der Waals surface area contributed by atoms with Gasteiger partial charge in [-0.2, -0.15) is 0 Å². The van der Waals surface area contributed by atoms with Crippen molar-refractivity contribution in [3.63, 3.8) is 0 Å². The molecule has 0 bridgehead atoms. The molecule has 498 valence electrons. The highest BCUT2D eigenvalue weighted by molar-refractivity contribution is 7.47. The van der Waals surface area contributed by atoms with Crippen LogP contribution in [0.1, 0.15) is 355 Å². The van der Waals surface area contributed by atoms with Gasteiger partial charge in [0.15, 0.2) is 0 Å². The van der Waals surface area contributed by atoms with Crippen molar-refractivity contribution >= 4 is 19.7 Å². The molecule has 0 rings (SSSR count). The van der Waals surface area contributed by atoms with Crippen LogP contribution in [0, 0.1) is 0 Å². The average Bonchev–Trinajstić information content (AvgIpc) is 3.48. The fraction of sp³-hybridized carbons (Fsp3) is 0.840. The molecule has 0 aliphatic carbocycles. The predicted octanol–water partition coefficient (Wildman–Crippen LogP) is 23.3.